The first-order valence-corrected chi connectivity index (χ1v) is 9.32. The molecule has 0 bridgehead atoms. The van der Waals surface area contributed by atoms with Gasteiger partial charge >= 0.3 is 6.03 Å². The van der Waals surface area contributed by atoms with Crippen LogP contribution in [0.2, 0.25) is 0 Å². The van der Waals surface area contributed by atoms with Crippen molar-refractivity contribution in [3.63, 3.8) is 0 Å². The van der Waals surface area contributed by atoms with E-state index in [1.807, 2.05) is 52.1 Å². The van der Waals surface area contributed by atoms with Crippen LogP contribution in [0.25, 0.3) is 0 Å². The maximum Gasteiger partial charge on any atom is 0.315 e. The molecule has 25 heavy (non-hydrogen) atoms. The van der Waals surface area contributed by atoms with Crippen LogP contribution in [-0.4, -0.2) is 22.9 Å². The highest BCUT2D eigenvalue weighted by Gasteiger charge is 2.33. The molecular weight excluding hydrogens is 338 g/mol. The minimum absolute atomic E-state index is 0.0308. The highest BCUT2D eigenvalue weighted by Crippen LogP contribution is 2.35. The molecule has 2 aromatic heterocycles. The highest BCUT2D eigenvalue weighted by atomic mass is 32.1. The van der Waals surface area contributed by atoms with Gasteiger partial charge in [0.1, 0.15) is 5.76 Å². The van der Waals surface area contributed by atoms with Crippen LogP contribution < -0.4 is 10.6 Å². The molecule has 0 radical (unpaired) electrons. The van der Waals surface area contributed by atoms with Crippen molar-refractivity contribution in [2.45, 2.75) is 53.1 Å². The zero-order chi connectivity index (χ0) is 18.6. The van der Waals surface area contributed by atoms with E-state index in [2.05, 4.69) is 15.8 Å². The number of rotatable bonds is 7. The number of amides is 2. The summed E-state index contributed by atoms with van der Waals surface area (Å²) in [7, 11) is 0. The number of hydrogen-bond donors (Lipinski definition) is 3. The lowest BCUT2D eigenvalue weighted by atomic mass is 9.84. The van der Waals surface area contributed by atoms with E-state index in [1.54, 1.807) is 11.3 Å². The van der Waals surface area contributed by atoms with Crippen molar-refractivity contribution in [2.75, 3.05) is 6.61 Å². The number of aliphatic hydroxyl groups is 1. The van der Waals surface area contributed by atoms with Crippen LogP contribution in [0, 0.1) is 19.3 Å². The molecule has 0 spiro atoms. The van der Waals surface area contributed by atoms with E-state index < -0.39 is 5.41 Å². The van der Waals surface area contributed by atoms with Gasteiger partial charge in [0.15, 0.2) is 0 Å². The van der Waals surface area contributed by atoms with E-state index in [1.165, 1.54) is 0 Å². The maximum atomic E-state index is 12.6. The molecule has 0 aliphatic heterocycles. The minimum atomic E-state index is -0.479. The van der Waals surface area contributed by atoms with Gasteiger partial charge in [-0.05, 0) is 31.7 Å². The first-order chi connectivity index (χ1) is 11.8. The second-order valence-electron chi connectivity index (χ2n) is 6.91. The molecule has 2 atom stereocenters. The summed E-state index contributed by atoms with van der Waals surface area (Å²) in [6.45, 7) is 9.56. The Labute approximate surface area is 152 Å². The molecule has 7 heteroatoms. The summed E-state index contributed by atoms with van der Waals surface area (Å²) in [6.07, 6.45) is 0.726. The number of carbonyl (C=O) groups excluding carboxylic acids is 1. The lowest BCUT2D eigenvalue weighted by molar-refractivity contribution is 0.119. The van der Waals surface area contributed by atoms with E-state index in [-0.39, 0.29) is 24.7 Å². The average Bonchev–Trinajstić information content (AvgIpc) is 3.21. The van der Waals surface area contributed by atoms with E-state index >= 15 is 0 Å². The minimum Gasteiger partial charge on any atom is -0.396 e. The molecule has 3 N–H and O–H groups in total. The summed E-state index contributed by atoms with van der Waals surface area (Å²) in [5, 5.41) is 21.7. The van der Waals surface area contributed by atoms with Crippen molar-refractivity contribution in [1.82, 2.24) is 15.8 Å². The van der Waals surface area contributed by atoms with Gasteiger partial charge < -0.3 is 20.3 Å². The lowest BCUT2D eigenvalue weighted by Crippen LogP contribution is -2.45. The Morgan fingerprint density at radius 2 is 2.12 bits per heavy atom. The first kappa shape index (κ1) is 19.5. The first-order valence-electron chi connectivity index (χ1n) is 8.44. The molecule has 0 fully saturated rings. The van der Waals surface area contributed by atoms with Crippen LogP contribution in [0.1, 0.15) is 61.2 Å². The predicted molar refractivity (Wildman–Crippen MR) is 98.6 cm³/mol. The lowest BCUT2D eigenvalue weighted by Gasteiger charge is -2.33. The third-order valence-electron chi connectivity index (χ3n) is 4.44. The summed E-state index contributed by atoms with van der Waals surface area (Å²) in [4.78, 5) is 13.7. The second-order valence-corrected chi connectivity index (χ2v) is 7.89. The summed E-state index contributed by atoms with van der Waals surface area (Å²) in [5.41, 5.74) is 1.23. The van der Waals surface area contributed by atoms with E-state index in [4.69, 9.17) is 4.52 Å². The number of carbonyl (C=O) groups is 1. The topological polar surface area (TPSA) is 87.4 Å². The Morgan fingerprint density at radius 3 is 2.60 bits per heavy atom. The van der Waals surface area contributed by atoms with Gasteiger partial charge in [-0.15, -0.1) is 11.3 Å². The molecule has 0 saturated carbocycles. The van der Waals surface area contributed by atoms with E-state index in [0.717, 1.165) is 28.3 Å². The summed E-state index contributed by atoms with van der Waals surface area (Å²) < 4.78 is 5.22. The zero-order valence-electron chi connectivity index (χ0n) is 15.4. The number of hydrogen-bond acceptors (Lipinski definition) is 5. The predicted octanol–water partition coefficient (Wildman–Crippen LogP) is 3.86. The van der Waals surface area contributed by atoms with E-state index in [0.29, 0.717) is 0 Å². The average molecular weight is 365 g/mol. The standard InChI is InChI=1S/C18H27N3O3S/c1-6-13(15-11(2)21-24-12(15)3)19-17(23)20-16(18(4,5)10-22)14-8-7-9-25-14/h7-9,13,16,22H,6,10H2,1-5H3,(H2,19,20,23). The zero-order valence-corrected chi connectivity index (χ0v) is 16.2. The molecule has 138 valence electrons. The Kier molecular flexibility index (Phi) is 6.24. The fourth-order valence-electron chi connectivity index (χ4n) is 2.90. The molecular formula is C18H27N3O3S. The van der Waals surface area contributed by atoms with Gasteiger partial charge in [0.25, 0.3) is 0 Å². The number of aromatic nitrogens is 1. The van der Waals surface area contributed by atoms with Crippen molar-refractivity contribution < 1.29 is 14.4 Å². The van der Waals surface area contributed by atoms with Gasteiger partial charge in [-0.3, -0.25) is 0 Å². The number of urea groups is 1. The van der Waals surface area contributed by atoms with Gasteiger partial charge in [-0.1, -0.05) is 32.0 Å². The maximum absolute atomic E-state index is 12.6. The molecule has 6 nitrogen and oxygen atoms in total. The highest BCUT2D eigenvalue weighted by molar-refractivity contribution is 7.10. The fourth-order valence-corrected chi connectivity index (χ4v) is 3.88. The smallest absolute Gasteiger partial charge is 0.315 e. The van der Waals surface area contributed by atoms with Crippen molar-refractivity contribution in [3.8, 4) is 0 Å². The Bertz CT molecular complexity index is 675. The van der Waals surface area contributed by atoms with Crippen molar-refractivity contribution in [2.24, 2.45) is 5.41 Å². The molecule has 2 rings (SSSR count). The summed E-state index contributed by atoms with van der Waals surface area (Å²) in [5.74, 6) is 0.718. The quantitative estimate of drug-likeness (QED) is 0.695. The number of aliphatic hydroxyl groups excluding tert-OH is 1. The molecule has 0 aromatic carbocycles. The van der Waals surface area contributed by atoms with Gasteiger partial charge in [-0.2, -0.15) is 0 Å². The molecule has 0 aliphatic carbocycles. The number of nitrogens with one attached hydrogen (secondary N) is 2. The van der Waals surface area contributed by atoms with Crippen LogP contribution in [-0.2, 0) is 0 Å². The van der Waals surface area contributed by atoms with Gasteiger partial charge in [0.2, 0.25) is 0 Å². The number of aryl methyl sites for hydroxylation is 2. The van der Waals surface area contributed by atoms with Gasteiger partial charge in [0.05, 0.1) is 24.4 Å². The second kappa shape index (κ2) is 8.01. The monoisotopic (exact) mass is 365 g/mol. The largest absolute Gasteiger partial charge is 0.396 e. The third kappa shape index (κ3) is 4.41. The Balaban J connectivity index is 2.16. The SMILES string of the molecule is CCC(NC(=O)NC(c1cccs1)C(C)(C)CO)c1c(C)noc1C. The molecule has 2 amide bonds. The van der Waals surface area contributed by atoms with Crippen molar-refractivity contribution in [3.05, 3.63) is 39.4 Å². The van der Waals surface area contributed by atoms with E-state index in [9.17, 15) is 9.90 Å². The van der Waals surface area contributed by atoms with Crippen molar-refractivity contribution >= 4 is 17.4 Å². The Morgan fingerprint density at radius 1 is 1.40 bits per heavy atom. The van der Waals surface area contributed by atoms with Crippen LogP contribution in [0.4, 0.5) is 4.79 Å². The number of nitrogens with zero attached hydrogens (tertiary/aromatic N) is 1. The number of thiophene rings is 1. The normalized spacial score (nSPS) is 14.2. The molecule has 2 unspecified atom stereocenters. The van der Waals surface area contributed by atoms with Crippen LogP contribution in [0.5, 0.6) is 0 Å². The van der Waals surface area contributed by atoms with Gasteiger partial charge in [-0.25, -0.2) is 4.79 Å². The third-order valence-corrected chi connectivity index (χ3v) is 5.38. The van der Waals surface area contributed by atoms with Crippen LogP contribution in [0.3, 0.4) is 0 Å². The fraction of sp³-hybridized carbons (Fsp3) is 0.556. The summed E-state index contributed by atoms with van der Waals surface area (Å²) in [6, 6.07) is 3.19. The van der Waals surface area contributed by atoms with Gasteiger partial charge in [0, 0.05) is 15.9 Å². The molecule has 0 saturated heterocycles. The molecule has 2 aromatic rings. The Hall–Kier alpha value is -1.86. The van der Waals surface area contributed by atoms with Crippen LogP contribution in [0.15, 0.2) is 22.0 Å². The molecule has 2 heterocycles. The van der Waals surface area contributed by atoms with Crippen LogP contribution >= 0.6 is 11.3 Å². The van der Waals surface area contributed by atoms with Crippen molar-refractivity contribution in [1.29, 1.82) is 0 Å². The molecule has 0 aliphatic rings. The summed E-state index contributed by atoms with van der Waals surface area (Å²) >= 11 is 1.56.